The molecule has 0 aromatic heterocycles. The average Bonchev–Trinajstić information content (AvgIpc) is 2.86. The Kier molecular flexibility index (Phi) is 5.76. The highest BCUT2D eigenvalue weighted by atomic mass is 16.2. The minimum atomic E-state index is 0.0787. The summed E-state index contributed by atoms with van der Waals surface area (Å²) in [6, 6.07) is 1.48. The fourth-order valence-corrected chi connectivity index (χ4v) is 4.44. The second-order valence-corrected chi connectivity index (χ2v) is 8.06. The van der Waals surface area contributed by atoms with E-state index in [1.54, 1.807) is 0 Å². The zero-order valence-electron chi connectivity index (χ0n) is 15.1. The van der Waals surface area contributed by atoms with Crippen LogP contribution in [0.5, 0.6) is 0 Å². The molecular weight excluding hydrogens is 304 g/mol. The smallest absolute Gasteiger partial charge is 0.234 e. The summed E-state index contributed by atoms with van der Waals surface area (Å²) in [4.78, 5) is 28.6. The number of hydrogen-bond acceptors (Lipinski definition) is 4. The predicted octanol–water partition coefficient (Wildman–Crippen LogP) is 0.576. The van der Waals surface area contributed by atoms with Gasteiger partial charge in [-0.1, -0.05) is 0 Å². The van der Waals surface area contributed by atoms with Crippen molar-refractivity contribution in [3.8, 4) is 0 Å². The molecule has 3 aliphatic heterocycles. The Bertz CT molecular complexity index is 448. The second kappa shape index (κ2) is 7.83. The van der Waals surface area contributed by atoms with Gasteiger partial charge in [0, 0.05) is 50.7 Å². The Labute approximate surface area is 145 Å². The van der Waals surface area contributed by atoms with Crippen LogP contribution < -0.4 is 10.6 Å². The van der Waals surface area contributed by atoms with Crippen molar-refractivity contribution in [2.45, 2.75) is 64.1 Å². The first-order valence-corrected chi connectivity index (χ1v) is 9.55. The maximum absolute atomic E-state index is 12.6. The van der Waals surface area contributed by atoms with Gasteiger partial charge in [0.25, 0.3) is 0 Å². The maximum atomic E-state index is 12.6. The number of nitrogens with one attached hydrogen (secondary N) is 2. The number of hydrogen-bond donors (Lipinski definition) is 2. The summed E-state index contributed by atoms with van der Waals surface area (Å²) >= 11 is 0. The molecule has 3 rings (SSSR count). The molecule has 2 amide bonds. The molecule has 2 N–H and O–H groups in total. The van der Waals surface area contributed by atoms with Crippen molar-refractivity contribution in [3.05, 3.63) is 0 Å². The maximum Gasteiger partial charge on any atom is 0.234 e. The van der Waals surface area contributed by atoms with Crippen LogP contribution in [0.15, 0.2) is 0 Å². The zero-order chi connectivity index (χ0) is 17.1. The molecule has 0 aliphatic carbocycles. The van der Waals surface area contributed by atoms with Gasteiger partial charge in [-0.25, -0.2) is 0 Å². The van der Waals surface area contributed by atoms with Crippen LogP contribution in [0.25, 0.3) is 0 Å². The standard InChI is InChI=1S/C18H32N4O2/c1-13(2)19-17(23)12-21-5-7-22(8-6-21)18(24)11-14-9-15-3-4-16(10-14)20-15/h13-16,20H,3-12H2,1-2H3,(H,19,23). The molecule has 136 valence electrons. The molecule has 3 saturated heterocycles. The van der Waals surface area contributed by atoms with E-state index in [1.807, 2.05) is 18.7 Å². The highest BCUT2D eigenvalue weighted by Crippen LogP contribution is 2.33. The van der Waals surface area contributed by atoms with Crippen LogP contribution in [-0.4, -0.2) is 72.5 Å². The summed E-state index contributed by atoms with van der Waals surface area (Å²) in [5.41, 5.74) is 0. The van der Waals surface area contributed by atoms with Crippen molar-refractivity contribution >= 4 is 11.8 Å². The first-order valence-electron chi connectivity index (χ1n) is 9.55. The Balaban J connectivity index is 1.38. The predicted molar refractivity (Wildman–Crippen MR) is 93.6 cm³/mol. The van der Waals surface area contributed by atoms with Gasteiger partial charge in [-0.15, -0.1) is 0 Å². The second-order valence-electron chi connectivity index (χ2n) is 8.06. The first-order chi connectivity index (χ1) is 11.5. The van der Waals surface area contributed by atoms with Crippen LogP contribution in [0.4, 0.5) is 0 Å². The van der Waals surface area contributed by atoms with E-state index >= 15 is 0 Å². The van der Waals surface area contributed by atoms with Crippen molar-refractivity contribution < 1.29 is 9.59 Å². The molecule has 0 aromatic carbocycles. The van der Waals surface area contributed by atoms with Gasteiger partial charge in [0.1, 0.15) is 0 Å². The third-order valence-corrected chi connectivity index (χ3v) is 5.58. The summed E-state index contributed by atoms with van der Waals surface area (Å²) < 4.78 is 0. The SMILES string of the molecule is CC(C)NC(=O)CN1CCN(C(=O)CC2CC3CCC(C2)N3)CC1. The zero-order valence-corrected chi connectivity index (χ0v) is 15.1. The number of carbonyl (C=O) groups is 2. The number of piperazine rings is 1. The van der Waals surface area contributed by atoms with E-state index in [0.29, 0.717) is 36.9 Å². The van der Waals surface area contributed by atoms with Crippen LogP contribution in [0.2, 0.25) is 0 Å². The summed E-state index contributed by atoms with van der Waals surface area (Å²) in [6.45, 7) is 7.50. The fraction of sp³-hybridized carbons (Fsp3) is 0.889. The lowest BCUT2D eigenvalue weighted by molar-refractivity contribution is -0.134. The fourth-order valence-electron chi connectivity index (χ4n) is 4.44. The van der Waals surface area contributed by atoms with Crippen LogP contribution in [0.1, 0.15) is 46.0 Å². The number of amides is 2. The Hall–Kier alpha value is -1.14. The third-order valence-electron chi connectivity index (χ3n) is 5.58. The summed E-state index contributed by atoms with van der Waals surface area (Å²) in [5, 5.41) is 6.57. The number of nitrogens with zero attached hydrogens (tertiary/aromatic N) is 2. The average molecular weight is 336 g/mol. The van der Waals surface area contributed by atoms with Crippen molar-refractivity contribution in [1.29, 1.82) is 0 Å². The van der Waals surface area contributed by atoms with Gasteiger partial charge in [-0.2, -0.15) is 0 Å². The van der Waals surface area contributed by atoms with E-state index in [0.717, 1.165) is 39.0 Å². The molecule has 3 aliphatic rings. The molecule has 6 nitrogen and oxygen atoms in total. The molecule has 24 heavy (non-hydrogen) atoms. The van der Waals surface area contributed by atoms with Gasteiger partial charge in [-0.05, 0) is 45.4 Å². The molecule has 2 bridgehead atoms. The molecule has 0 saturated carbocycles. The number of rotatable bonds is 5. The normalized spacial score (nSPS) is 30.6. The Morgan fingerprint density at radius 2 is 1.71 bits per heavy atom. The Morgan fingerprint density at radius 3 is 2.29 bits per heavy atom. The van der Waals surface area contributed by atoms with Crippen molar-refractivity contribution in [2.75, 3.05) is 32.7 Å². The summed E-state index contributed by atoms with van der Waals surface area (Å²) in [7, 11) is 0. The number of fused-ring (bicyclic) bond motifs is 2. The van der Waals surface area contributed by atoms with Crippen LogP contribution in [0.3, 0.4) is 0 Å². The minimum absolute atomic E-state index is 0.0787. The molecule has 6 heteroatoms. The van der Waals surface area contributed by atoms with Crippen molar-refractivity contribution in [1.82, 2.24) is 20.4 Å². The van der Waals surface area contributed by atoms with Crippen molar-refractivity contribution in [3.63, 3.8) is 0 Å². The van der Waals surface area contributed by atoms with E-state index < -0.39 is 0 Å². The van der Waals surface area contributed by atoms with E-state index in [-0.39, 0.29) is 11.9 Å². The van der Waals surface area contributed by atoms with Crippen molar-refractivity contribution in [2.24, 2.45) is 5.92 Å². The molecule has 0 radical (unpaired) electrons. The van der Waals surface area contributed by atoms with Gasteiger partial charge >= 0.3 is 0 Å². The van der Waals surface area contributed by atoms with Gasteiger partial charge < -0.3 is 15.5 Å². The molecule has 0 spiro atoms. The van der Waals surface area contributed by atoms with Crippen LogP contribution in [0, 0.1) is 5.92 Å². The number of piperidine rings is 1. The molecular formula is C18H32N4O2. The molecule has 2 unspecified atom stereocenters. The molecule has 3 heterocycles. The molecule has 0 aromatic rings. The van der Waals surface area contributed by atoms with Crippen LogP contribution >= 0.6 is 0 Å². The summed E-state index contributed by atoms with van der Waals surface area (Å²) in [5.74, 6) is 0.952. The molecule has 2 atom stereocenters. The highest BCUT2D eigenvalue weighted by Gasteiger charge is 2.35. The van der Waals surface area contributed by atoms with E-state index in [9.17, 15) is 9.59 Å². The van der Waals surface area contributed by atoms with E-state index in [4.69, 9.17) is 0 Å². The topological polar surface area (TPSA) is 64.7 Å². The van der Waals surface area contributed by atoms with Gasteiger partial charge in [-0.3, -0.25) is 14.5 Å². The molecule has 3 fully saturated rings. The third kappa shape index (κ3) is 4.70. The quantitative estimate of drug-likeness (QED) is 0.771. The number of carbonyl (C=O) groups excluding carboxylic acids is 2. The minimum Gasteiger partial charge on any atom is -0.353 e. The lowest BCUT2D eigenvalue weighted by atomic mass is 9.89. The van der Waals surface area contributed by atoms with Crippen LogP contribution in [-0.2, 0) is 9.59 Å². The van der Waals surface area contributed by atoms with Gasteiger partial charge in [0.15, 0.2) is 0 Å². The largest absolute Gasteiger partial charge is 0.353 e. The highest BCUT2D eigenvalue weighted by molar-refractivity contribution is 5.78. The van der Waals surface area contributed by atoms with Gasteiger partial charge in [0.2, 0.25) is 11.8 Å². The lowest BCUT2D eigenvalue weighted by Gasteiger charge is -2.36. The Morgan fingerprint density at radius 1 is 1.08 bits per heavy atom. The van der Waals surface area contributed by atoms with E-state index in [1.165, 1.54) is 12.8 Å². The first kappa shape index (κ1) is 17.7. The van der Waals surface area contributed by atoms with Gasteiger partial charge in [0.05, 0.1) is 6.54 Å². The van der Waals surface area contributed by atoms with E-state index in [2.05, 4.69) is 15.5 Å². The summed E-state index contributed by atoms with van der Waals surface area (Å²) in [6.07, 6.45) is 5.61. The lowest BCUT2D eigenvalue weighted by Crippen LogP contribution is -2.52. The monoisotopic (exact) mass is 336 g/mol.